The van der Waals surface area contributed by atoms with Gasteiger partial charge in [-0.2, -0.15) is 0 Å². The molecule has 2 unspecified atom stereocenters. The molecule has 0 N–H and O–H groups in total. The molecule has 25 heavy (non-hydrogen) atoms. The fourth-order valence-electron chi connectivity index (χ4n) is 3.55. The fourth-order valence-corrected chi connectivity index (χ4v) is 5.27. The van der Waals surface area contributed by atoms with Crippen molar-refractivity contribution in [2.24, 2.45) is 0 Å². The van der Waals surface area contributed by atoms with Crippen LogP contribution in [0.2, 0.25) is 0 Å². The van der Waals surface area contributed by atoms with Crippen molar-refractivity contribution in [1.29, 1.82) is 0 Å². The van der Waals surface area contributed by atoms with Gasteiger partial charge >= 0.3 is 0 Å². The molecule has 2 atom stereocenters. The second-order valence-corrected chi connectivity index (χ2v) is 8.97. The van der Waals surface area contributed by atoms with Crippen LogP contribution in [-0.4, -0.2) is 60.5 Å². The van der Waals surface area contributed by atoms with Crippen LogP contribution >= 0.6 is 0 Å². The van der Waals surface area contributed by atoms with Gasteiger partial charge in [-0.05, 0) is 38.0 Å². The number of hydrogen-bond acceptors (Lipinski definition) is 4. The average molecular weight is 362 g/mol. The van der Waals surface area contributed by atoms with E-state index in [-0.39, 0.29) is 23.3 Å². The first-order valence-corrected chi connectivity index (χ1v) is 9.87. The van der Waals surface area contributed by atoms with E-state index in [1.807, 2.05) is 0 Å². The molecule has 3 rings (SSSR count). The Bertz CT molecular complexity index is 806. The minimum Gasteiger partial charge on any atom is -0.339 e. The largest absolute Gasteiger partial charge is 0.339 e. The van der Waals surface area contributed by atoms with E-state index in [4.69, 9.17) is 0 Å². The minimum absolute atomic E-state index is 0.168. The summed E-state index contributed by atoms with van der Waals surface area (Å²) in [4.78, 5) is 28.1. The summed E-state index contributed by atoms with van der Waals surface area (Å²) in [5.41, 5.74) is -0.892. The standard InChI is InChI=1S/C18H22N2O4S/c1-3-16(21)20-12-10-18(20,2)17(22)19-11-9-15(13-19)25(23,24)14-7-5-4-6-8-14/h3-8,15H,1,9-13H2,2H3. The molecule has 2 amide bonds. The van der Waals surface area contributed by atoms with Gasteiger partial charge in [0, 0.05) is 19.6 Å². The normalized spacial score (nSPS) is 26.2. The highest BCUT2D eigenvalue weighted by Gasteiger charge is 2.52. The smallest absolute Gasteiger partial charge is 0.248 e. The van der Waals surface area contributed by atoms with Crippen LogP contribution in [0, 0.1) is 0 Å². The van der Waals surface area contributed by atoms with Gasteiger partial charge in [-0.15, -0.1) is 0 Å². The fraction of sp³-hybridized carbons (Fsp3) is 0.444. The maximum Gasteiger partial charge on any atom is 0.248 e. The molecule has 0 aliphatic carbocycles. The number of carbonyl (C=O) groups excluding carboxylic acids is 2. The van der Waals surface area contributed by atoms with Crippen LogP contribution < -0.4 is 0 Å². The Labute approximate surface area is 148 Å². The lowest BCUT2D eigenvalue weighted by Crippen LogP contribution is -2.67. The highest BCUT2D eigenvalue weighted by molar-refractivity contribution is 7.92. The van der Waals surface area contributed by atoms with E-state index in [2.05, 4.69) is 6.58 Å². The van der Waals surface area contributed by atoms with Crippen LogP contribution in [0.15, 0.2) is 47.9 Å². The van der Waals surface area contributed by atoms with Crippen molar-refractivity contribution in [3.05, 3.63) is 43.0 Å². The molecule has 6 nitrogen and oxygen atoms in total. The van der Waals surface area contributed by atoms with Gasteiger partial charge in [-0.25, -0.2) is 8.42 Å². The highest BCUT2D eigenvalue weighted by atomic mass is 32.2. The predicted molar refractivity (Wildman–Crippen MR) is 93.5 cm³/mol. The first kappa shape index (κ1) is 17.7. The minimum atomic E-state index is -3.46. The molecule has 0 saturated carbocycles. The molecule has 1 aromatic carbocycles. The van der Waals surface area contributed by atoms with Crippen LogP contribution in [0.4, 0.5) is 0 Å². The third-order valence-corrected chi connectivity index (χ3v) is 7.45. The predicted octanol–water partition coefficient (Wildman–Crippen LogP) is 1.24. The molecule has 2 saturated heterocycles. The quantitative estimate of drug-likeness (QED) is 0.755. The van der Waals surface area contributed by atoms with Crippen LogP contribution in [0.25, 0.3) is 0 Å². The van der Waals surface area contributed by atoms with Gasteiger partial charge in [-0.1, -0.05) is 24.8 Å². The zero-order valence-electron chi connectivity index (χ0n) is 14.2. The van der Waals surface area contributed by atoms with E-state index in [1.54, 1.807) is 42.2 Å². The number of benzene rings is 1. The van der Waals surface area contributed by atoms with Crippen molar-refractivity contribution in [2.45, 2.75) is 35.4 Å². The zero-order valence-corrected chi connectivity index (χ0v) is 15.0. The summed E-state index contributed by atoms with van der Waals surface area (Å²) in [5, 5.41) is -0.605. The number of sulfone groups is 1. The van der Waals surface area contributed by atoms with Gasteiger partial charge in [0.1, 0.15) is 5.54 Å². The number of likely N-dealkylation sites (tertiary alicyclic amines) is 2. The summed E-state index contributed by atoms with van der Waals surface area (Å²) in [7, 11) is -3.46. The Morgan fingerprint density at radius 1 is 1.24 bits per heavy atom. The Morgan fingerprint density at radius 3 is 2.48 bits per heavy atom. The van der Waals surface area contributed by atoms with E-state index >= 15 is 0 Å². The monoisotopic (exact) mass is 362 g/mol. The number of amides is 2. The summed E-state index contributed by atoms with van der Waals surface area (Å²) >= 11 is 0. The van der Waals surface area contributed by atoms with Gasteiger partial charge in [0.25, 0.3) is 0 Å². The van der Waals surface area contributed by atoms with Crippen LogP contribution in [0.5, 0.6) is 0 Å². The molecule has 0 spiro atoms. The molecule has 0 radical (unpaired) electrons. The molecular weight excluding hydrogens is 340 g/mol. The molecule has 1 aromatic rings. The second kappa shape index (κ2) is 6.29. The Morgan fingerprint density at radius 2 is 1.92 bits per heavy atom. The van der Waals surface area contributed by atoms with Crippen LogP contribution in [0.3, 0.4) is 0 Å². The van der Waals surface area contributed by atoms with Crippen LogP contribution in [0.1, 0.15) is 19.8 Å². The second-order valence-electron chi connectivity index (χ2n) is 6.74. The molecule has 0 aromatic heterocycles. The van der Waals surface area contributed by atoms with Crippen molar-refractivity contribution >= 4 is 21.7 Å². The molecular formula is C18H22N2O4S. The van der Waals surface area contributed by atoms with E-state index in [1.165, 1.54) is 11.0 Å². The zero-order chi connectivity index (χ0) is 18.2. The van der Waals surface area contributed by atoms with Crippen molar-refractivity contribution in [3.63, 3.8) is 0 Å². The third kappa shape index (κ3) is 2.86. The van der Waals surface area contributed by atoms with Crippen molar-refractivity contribution in [3.8, 4) is 0 Å². The number of carbonyl (C=O) groups is 2. The molecule has 7 heteroatoms. The maximum atomic E-state index is 12.9. The van der Waals surface area contributed by atoms with E-state index in [0.717, 1.165) is 0 Å². The van der Waals surface area contributed by atoms with Gasteiger partial charge in [0.05, 0.1) is 10.1 Å². The lowest BCUT2D eigenvalue weighted by molar-refractivity contribution is -0.160. The number of rotatable bonds is 4. The van der Waals surface area contributed by atoms with Crippen molar-refractivity contribution in [2.75, 3.05) is 19.6 Å². The first-order chi connectivity index (χ1) is 11.8. The van der Waals surface area contributed by atoms with Crippen molar-refractivity contribution in [1.82, 2.24) is 9.80 Å². The maximum absolute atomic E-state index is 12.9. The number of nitrogens with zero attached hydrogens (tertiary/aromatic N) is 2. The summed E-state index contributed by atoms with van der Waals surface area (Å²) in [6.07, 6.45) is 2.20. The number of hydrogen-bond donors (Lipinski definition) is 0. The Balaban J connectivity index is 1.74. The Hall–Kier alpha value is -2.15. The summed E-state index contributed by atoms with van der Waals surface area (Å²) in [6.45, 7) is 6.28. The van der Waals surface area contributed by atoms with E-state index in [0.29, 0.717) is 25.9 Å². The lowest BCUT2D eigenvalue weighted by atomic mass is 9.85. The molecule has 2 heterocycles. The SMILES string of the molecule is C=CC(=O)N1CCC1(C)C(=O)N1CCC(S(=O)(=O)c2ccccc2)C1. The average Bonchev–Trinajstić information content (AvgIpc) is 3.11. The summed E-state index contributed by atoms with van der Waals surface area (Å²) in [6, 6.07) is 8.32. The molecule has 0 bridgehead atoms. The molecule has 2 aliphatic heterocycles. The van der Waals surface area contributed by atoms with Crippen LogP contribution in [-0.2, 0) is 19.4 Å². The summed E-state index contributed by atoms with van der Waals surface area (Å²) in [5.74, 6) is -0.450. The first-order valence-electron chi connectivity index (χ1n) is 8.33. The lowest BCUT2D eigenvalue weighted by Gasteiger charge is -2.50. The molecule has 2 aliphatic rings. The van der Waals surface area contributed by atoms with Gasteiger partial charge in [-0.3, -0.25) is 9.59 Å². The van der Waals surface area contributed by atoms with Gasteiger partial charge in [0.2, 0.25) is 11.8 Å². The van der Waals surface area contributed by atoms with Gasteiger partial charge in [0.15, 0.2) is 9.84 Å². The third-order valence-electron chi connectivity index (χ3n) is 5.26. The Kier molecular flexibility index (Phi) is 4.45. The molecule has 134 valence electrons. The topological polar surface area (TPSA) is 74.8 Å². The summed E-state index contributed by atoms with van der Waals surface area (Å²) < 4.78 is 25.5. The van der Waals surface area contributed by atoms with Crippen molar-refractivity contribution < 1.29 is 18.0 Å². The molecule has 2 fully saturated rings. The van der Waals surface area contributed by atoms with E-state index < -0.39 is 20.6 Å². The highest BCUT2D eigenvalue weighted by Crippen LogP contribution is 2.34. The van der Waals surface area contributed by atoms with E-state index in [9.17, 15) is 18.0 Å². The van der Waals surface area contributed by atoms with Gasteiger partial charge < -0.3 is 9.80 Å².